The van der Waals surface area contributed by atoms with Crippen molar-refractivity contribution in [3.63, 3.8) is 0 Å². The van der Waals surface area contributed by atoms with Crippen molar-refractivity contribution in [2.75, 3.05) is 6.54 Å². The number of aryl methyl sites for hydroxylation is 2. The summed E-state index contributed by atoms with van der Waals surface area (Å²) in [7, 11) is 0. The maximum absolute atomic E-state index is 10.9. The average molecular weight is 466 g/mol. The number of nitrogens with zero attached hydrogens (tertiary/aromatic N) is 3. The summed E-state index contributed by atoms with van der Waals surface area (Å²) in [6.45, 7) is 20.3. The topological polar surface area (TPSA) is 58.4 Å². The van der Waals surface area contributed by atoms with Crippen molar-refractivity contribution in [2.24, 2.45) is 4.99 Å². The van der Waals surface area contributed by atoms with E-state index in [1.54, 1.807) is 0 Å². The lowest BCUT2D eigenvalue weighted by atomic mass is 9.79. The summed E-state index contributed by atoms with van der Waals surface area (Å²) < 4.78 is 0. The molecule has 4 nitrogen and oxygen atoms in total. The Morgan fingerprint density at radius 2 is 1.68 bits per heavy atom. The Balaban J connectivity index is 2.12. The van der Waals surface area contributed by atoms with Gasteiger partial charge in [0.15, 0.2) is 0 Å². The van der Waals surface area contributed by atoms with Gasteiger partial charge in [-0.25, -0.2) is 9.97 Å². The van der Waals surface area contributed by atoms with E-state index in [1.165, 1.54) is 18.4 Å². The third kappa shape index (κ3) is 7.92. The van der Waals surface area contributed by atoms with Crippen LogP contribution in [0, 0.1) is 6.92 Å². The highest BCUT2D eigenvalue weighted by Gasteiger charge is 2.24. The number of hydrogen-bond donors (Lipinski definition) is 1. The van der Waals surface area contributed by atoms with Crippen molar-refractivity contribution in [3.8, 4) is 5.75 Å². The highest BCUT2D eigenvalue weighted by atomic mass is 16.3. The van der Waals surface area contributed by atoms with E-state index in [-0.39, 0.29) is 10.8 Å². The first-order valence-electron chi connectivity index (χ1n) is 13.1. The predicted molar refractivity (Wildman–Crippen MR) is 146 cm³/mol. The highest BCUT2D eigenvalue weighted by molar-refractivity contribution is 5.85. The molecule has 1 aromatic heterocycles. The fourth-order valence-corrected chi connectivity index (χ4v) is 4.21. The number of aliphatic imine (C=N–C) groups is 1. The number of phenolic OH excluding ortho intramolecular Hbond substituents is 1. The first-order valence-corrected chi connectivity index (χ1v) is 13.1. The molecule has 0 amide bonds. The van der Waals surface area contributed by atoms with Crippen LogP contribution in [0.25, 0.3) is 0 Å². The van der Waals surface area contributed by atoms with Crippen LogP contribution in [0.4, 0.5) is 0 Å². The molecule has 188 valence electrons. The lowest BCUT2D eigenvalue weighted by Gasteiger charge is -2.27. The highest BCUT2D eigenvalue weighted by Crippen LogP contribution is 2.37. The summed E-state index contributed by atoms with van der Waals surface area (Å²) >= 11 is 0. The van der Waals surface area contributed by atoms with Gasteiger partial charge >= 0.3 is 0 Å². The Labute approximate surface area is 208 Å². The van der Waals surface area contributed by atoms with Crippen molar-refractivity contribution in [1.29, 1.82) is 0 Å². The van der Waals surface area contributed by atoms with Crippen LogP contribution < -0.4 is 0 Å². The molecular formula is C30H47N3O. The van der Waals surface area contributed by atoms with Gasteiger partial charge in [0.05, 0.1) is 0 Å². The SMILES string of the molecule is CCCCC(CC)c1nc(C)cc(CCCN=Cc2cc(C(C)(C)C)cc(C(C)(C)C)c2O)n1. The van der Waals surface area contributed by atoms with E-state index >= 15 is 0 Å². The number of benzene rings is 1. The molecule has 2 aromatic rings. The lowest BCUT2D eigenvalue weighted by Crippen LogP contribution is -2.17. The van der Waals surface area contributed by atoms with Crippen molar-refractivity contribution in [2.45, 2.75) is 118 Å². The first kappa shape index (κ1) is 28.0. The van der Waals surface area contributed by atoms with Gasteiger partial charge in [0, 0.05) is 41.2 Å². The molecule has 2 rings (SSSR count). The second kappa shape index (κ2) is 12.0. The lowest BCUT2D eigenvalue weighted by molar-refractivity contribution is 0.444. The summed E-state index contributed by atoms with van der Waals surface area (Å²) in [5.74, 6) is 1.80. The molecule has 1 unspecified atom stereocenters. The van der Waals surface area contributed by atoms with E-state index < -0.39 is 0 Å². The van der Waals surface area contributed by atoms with Gasteiger partial charge in [0.2, 0.25) is 0 Å². The van der Waals surface area contributed by atoms with Crippen LogP contribution in [0.15, 0.2) is 23.2 Å². The van der Waals surface area contributed by atoms with Gasteiger partial charge in [0.25, 0.3) is 0 Å². The van der Waals surface area contributed by atoms with Gasteiger partial charge in [0.1, 0.15) is 11.6 Å². The minimum Gasteiger partial charge on any atom is -0.507 e. The van der Waals surface area contributed by atoms with Crippen LogP contribution in [0.3, 0.4) is 0 Å². The Morgan fingerprint density at radius 1 is 0.971 bits per heavy atom. The van der Waals surface area contributed by atoms with E-state index in [0.717, 1.165) is 54.0 Å². The number of aromatic hydroxyl groups is 1. The fourth-order valence-electron chi connectivity index (χ4n) is 4.21. The molecule has 1 aromatic carbocycles. The van der Waals surface area contributed by atoms with Crippen molar-refractivity contribution in [3.05, 3.63) is 52.1 Å². The Hall–Kier alpha value is -2.23. The molecule has 1 N–H and O–H groups in total. The van der Waals surface area contributed by atoms with Crippen molar-refractivity contribution in [1.82, 2.24) is 9.97 Å². The molecular weight excluding hydrogens is 418 g/mol. The Kier molecular flexibility index (Phi) is 9.84. The molecule has 0 saturated heterocycles. The summed E-state index contributed by atoms with van der Waals surface area (Å²) in [5.41, 5.74) is 5.03. The maximum atomic E-state index is 10.9. The summed E-state index contributed by atoms with van der Waals surface area (Å²) in [5, 5.41) is 10.9. The third-order valence-corrected chi connectivity index (χ3v) is 6.45. The zero-order chi connectivity index (χ0) is 25.5. The summed E-state index contributed by atoms with van der Waals surface area (Å²) in [4.78, 5) is 14.3. The molecule has 34 heavy (non-hydrogen) atoms. The van der Waals surface area contributed by atoms with Gasteiger partial charge < -0.3 is 5.11 Å². The van der Waals surface area contributed by atoms with E-state index in [2.05, 4.69) is 85.5 Å². The summed E-state index contributed by atoms with van der Waals surface area (Å²) in [6, 6.07) is 6.33. The van der Waals surface area contributed by atoms with Gasteiger partial charge in [-0.05, 0) is 61.1 Å². The minimum atomic E-state index is -0.135. The molecule has 0 aliphatic carbocycles. The van der Waals surface area contributed by atoms with Gasteiger partial charge in [-0.3, -0.25) is 4.99 Å². The molecule has 4 heteroatoms. The molecule has 0 bridgehead atoms. The molecule has 1 atom stereocenters. The van der Waals surface area contributed by atoms with Crippen LogP contribution in [0.2, 0.25) is 0 Å². The van der Waals surface area contributed by atoms with Crippen molar-refractivity contribution < 1.29 is 5.11 Å². The number of hydrogen-bond acceptors (Lipinski definition) is 4. The minimum absolute atomic E-state index is 0.00630. The summed E-state index contributed by atoms with van der Waals surface area (Å²) in [6.07, 6.45) is 8.32. The molecule has 0 fully saturated rings. The average Bonchev–Trinajstić information content (AvgIpc) is 2.73. The first-order chi connectivity index (χ1) is 15.9. The maximum Gasteiger partial charge on any atom is 0.131 e. The largest absolute Gasteiger partial charge is 0.507 e. The zero-order valence-corrected chi connectivity index (χ0v) is 23.1. The Morgan fingerprint density at radius 3 is 2.26 bits per heavy atom. The van der Waals surface area contributed by atoms with E-state index in [9.17, 15) is 5.11 Å². The van der Waals surface area contributed by atoms with Crippen molar-refractivity contribution >= 4 is 6.21 Å². The van der Waals surface area contributed by atoms with Crippen LogP contribution in [0.1, 0.15) is 127 Å². The molecule has 0 saturated carbocycles. The second-order valence-corrected chi connectivity index (χ2v) is 11.7. The molecule has 0 radical (unpaired) electrons. The molecule has 0 spiro atoms. The predicted octanol–water partition coefficient (Wildman–Crippen LogP) is 7.82. The standard InChI is InChI=1S/C30H47N3O/c1-10-12-14-22(11-2)28-32-21(3)17-25(33-28)15-13-16-31-20-23-18-24(29(4,5)6)19-26(27(23)34)30(7,8)9/h17-20,22,34H,10-16H2,1-9H3. The van der Waals surface area contributed by atoms with E-state index in [1.807, 2.05) is 6.21 Å². The molecule has 1 heterocycles. The van der Waals surface area contributed by atoms with Gasteiger partial charge in [-0.1, -0.05) is 74.3 Å². The number of aromatic nitrogens is 2. The van der Waals surface area contributed by atoms with E-state index in [0.29, 0.717) is 18.2 Å². The fraction of sp³-hybridized carbons (Fsp3) is 0.633. The number of unbranched alkanes of at least 4 members (excludes halogenated alkanes) is 1. The van der Waals surface area contributed by atoms with Crippen LogP contribution in [-0.4, -0.2) is 27.8 Å². The molecule has 0 aliphatic rings. The van der Waals surface area contributed by atoms with Crippen LogP contribution >= 0.6 is 0 Å². The smallest absolute Gasteiger partial charge is 0.131 e. The third-order valence-electron chi connectivity index (χ3n) is 6.45. The number of rotatable bonds is 10. The molecule has 0 aliphatic heterocycles. The second-order valence-electron chi connectivity index (χ2n) is 11.7. The Bertz CT molecular complexity index is 964. The van der Waals surface area contributed by atoms with E-state index in [4.69, 9.17) is 9.97 Å². The van der Waals surface area contributed by atoms with Crippen LogP contribution in [-0.2, 0) is 17.3 Å². The quantitative estimate of drug-likeness (QED) is 0.287. The van der Waals surface area contributed by atoms with Gasteiger partial charge in [-0.2, -0.15) is 0 Å². The normalized spacial score (nSPS) is 13.6. The zero-order valence-electron chi connectivity index (χ0n) is 23.1. The number of phenols is 1. The van der Waals surface area contributed by atoms with Gasteiger partial charge in [-0.15, -0.1) is 0 Å². The monoisotopic (exact) mass is 465 g/mol. The van der Waals surface area contributed by atoms with Crippen LogP contribution in [0.5, 0.6) is 5.75 Å².